The third-order valence-corrected chi connectivity index (χ3v) is 6.60. The summed E-state index contributed by atoms with van der Waals surface area (Å²) in [6, 6.07) is 0. The average Bonchev–Trinajstić information content (AvgIpc) is 3.01. The molecular weight excluding hydrogens is 357 g/mol. The van der Waals surface area contributed by atoms with Crippen LogP contribution in [0.3, 0.4) is 0 Å². The van der Waals surface area contributed by atoms with Crippen LogP contribution < -0.4 is 0 Å². The normalized spacial score (nSPS) is 28.3. The van der Waals surface area contributed by atoms with Crippen molar-refractivity contribution in [3.63, 3.8) is 0 Å². The molecule has 0 aromatic rings. The maximum atomic E-state index is 13.3. The largest absolute Gasteiger partial charge is 0.392 e. The zero-order chi connectivity index (χ0) is 19.4. The third-order valence-electron chi connectivity index (χ3n) is 6.60. The highest BCUT2D eigenvalue weighted by molar-refractivity contribution is 5.80. The highest BCUT2D eigenvalue weighted by Gasteiger charge is 2.49. The van der Waals surface area contributed by atoms with Gasteiger partial charge in [0, 0.05) is 38.5 Å². The Hall–Kier alpha value is -1.27. The number of rotatable bonds is 3. The van der Waals surface area contributed by atoms with E-state index in [1.54, 1.807) is 4.90 Å². The summed E-state index contributed by atoms with van der Waals surface area (Å²) in [6.07, 6.45) is 3.14. The predicted octanol–water partition coefficient (Wildman–Crippen LogP) is 4.00. The van der Waals surface area contributed by atoms with E-state index in [1.165, 1.54) is 12.8 Å². The molecular formula is C20H31F3N2O2. The average molecular weight is 388 g/mol. The molecule has 2 saturated carbocycles. The van der Waals surface area contributed by atoms with Crippen molar-refractivity contribution in [1.82, 2.24) is 9.80 Å². The Labute approximate surface area is 159 Å². The molecule has 3 aliphatic rings. The second kappa shape index (κ2) is 8.82. The van der Waals surface area contributed by atoms with Crippen LogP contribution in [-0.2, 0) is 9.59 Å². The summed E-state index contributed by atoms with van der Waals surface area (Å²) in [5, 5.41) is 0. The molecule has 0 radical (unpaired) electrons. The molecule has 0 unspecified atom stereocenters. The van der Waals surface area contributed by atoms with Gasteiger partial charge >= 0.3 is 6.18 Å². The molecule has 27 heavy (non-hydrogen) atoms. The Balaban J connectivity index is 1.56. The van der Waals surface area contributed by atoms with Crippen molar-refractivity contribution in [3.8, 4) is 0 Å². The van der Waals surface area contributed by atoms with Gasteiger partial charge in [0.25, 0.3) is 0 Å². The van der Waals surface area contributed by atoms with Crippen LogP contribution in [0.15, 0.2) is 0 Å². The Kier molecular flexibility index (Phi) is 6.69. The van der Waals surface area contributed by atoms with E-state index in [9.17, 15) is 22.8 Å². The molecule has 0 spiro atoms. The molecule has 154 valence electrons. The van der Waals surface area contributed by atoms with Gasteiger partial charge in [-0.25, -0.2) is 0 Å². The van der Waals surface area contributed by atoms with Crippen molar-refractivity contribution < 1.29 is 22.8 Å². The smallest absolute Gasteiger partial charge is 0.341 e. The van der Waals surface area contributed by atoms with Crippen LogP contribution in [0.5, 0.6) is 0 Å². The summed E-state index contributed by atoms with van der Waals surface area (Å²) >= 11 is 0. The number of amides is 2. The topological polar surface area (TPSA) is 40.6 Å². The maximum Gasteiger partial charge on any atom is 0.392 e. The summed E-state index contributed by atoms with van der Waals surface area (Å²) in [4.78, 5) is 28.8. The number of carbonyl (C=O) groups is 2. The lowest BCUT2D eigenvalue weighted by Gasteiger charge is -2.35. The van der Waals surface area contributed by atoms with Gasteiger partial charge < -0.3 is 9.80 Å². The van der Waals surface area contributed by atoms with Crippen LogP contribution in [0, 0.1) is 17.8 Å². The van der Waals surface area contributed by atoms with Crippen molar-refractivity contribution in [2.75, 3.05) is 26.2 Å². The second-order valence-corrected chi connectivity index (χ2v) is 8.45. The fourth-order valence-corrected chi connectivity index (χ4v) is 5.03. The minimum absolute atomic E-state index is 0.0553. The zero-order valence-electron chi connectivity index (χ0n) is 16.0. The molecule has 0 bridgehead atoms. The Morgan fingerprint density at radius 3 is 2.07 bits per heavy atom. The van der Waals surface area contributed by atoms with E-state index in [1.807, 2.05) is 4.90 Å². The standard InChI is InChI=1S/C20H31F3N2O2/c21-20(22,23)17-9-4-3-8-16(17)19(27)25-11-5-10-24(12-13-25)18(26)14-15-6-1-2-7-15/h15-17H,1-14H2/t16-,17-/m0/s1. The van der Waals surface area contributed by atoms with E-state index in [4.69, 9.17) is 0 Å². The second-order valence-electron chi connectivity index (χ2n) is 8.45. The van der Waals surface area contributed by atoms with Gasteiger partial charge in [-0.3, -0.25) is 9.59 Å². The van der Waals surface area contributed by atoms with Gasteiger partial charge in [0.1, 0.15) is 0 Å². The Morgan fingerprint density at radius 1 is 0.778 bits per heavy atom. The number of hydrogen-bond donors (Lipinski definition) is 0. The molecule has 0 N–H and O–H groups in total. The first-order valence-corrected chi connectivity index (χ1v) is 10.5. The van der Waals surface area contributed by atoms with Crippen molar-refractivity contribution in [3.05, 3.63) is 0 Å². The number of alkyl halides is 3. The van der Waals surface area contributed by atoms with Crippen LogP contribution in [-0.4, -0.2) is 54.0 Å². The fourth-order valence-electron chi connectivity index (χ4n) is 5.03. The van der Waals surface area contributed by atoms with E-state index in [2.05, 4.69) is 0 Å². The predicted molar refractivity (Wildman–Crippen MR) is 95.9 cm³/mol. The molecule has 7 heteroatoms. The third kappa shape index (κ3) is 5.17. The summed E-state index contributed by atoms with van der Waals surface area (Å²) in [7, 11) is 0. The molecule has 0 aromatic carbocycles. The van der Waals surface area contributed by atoms with Gasteiger partial charge in [-0.15, -0.1) is 0 Å². The summed E-state index contributed by atoms with van der Waals surface area (Å²) in [5.74, 6) is -2.20. The lowest BCUT2D eigenvalue weighted by Crippen LogP contribution is -2.46. The minimum Gasteiger partial charge on any atom is -0.341 e. The van der Waals surface area contributed by atoms with Crippen LogP contribution >= 0.6 is 0 Å². The summed E-state index contributed by atoms with van der Waals surface area (Å²) in [6.45, 7) is 1.85. The highest BCUT2D eigenvalue weighted by Crippen LogP contribution is 2.42. The zero-order valence-corrected chi connectivity index (χ0v) is 16.0. The minimum atomic E-state index is -4.31. The van der Waals surface area contributed by atoms with Crippen molar-refractivity contribution in [1.29, 1.82) is 0 Å². The van der Waals surface area contributed by atoms with E-state index < -0.39 is 18.0 Å². The van der Waals surface area contributed by atoms with E-state index >= 15 is 0 Å². The van der Waals surface area contributed by atoms with Crippen molar-refractivity contribution >= 4 is 11.8 Å². The molecule has 3 rings (SSSR count). The first-order chi connectivity index (χ1) is 12.9. The van der Waals surface area contributed by atoms with Crippen LogP contribution in [0.1, 0.15) is 64.2 Å². The maximum absolute atomic E-state index is 13.3. The first-order valence-electron chi connectivity index (χ1n) is 10.5. The lowest BCUT2D eigenvalue weighted by atomic mass is 9.78. The van der Waals surface area contributed by atoms with Gasteiger partial charge in [-0.05, 0) is 38.0 Å². The molecule has 1 aliphatic heterocycles. The number of carbonyl (C=O) groups excluding carboxylic acids is 2. The fraction of sp³-hybridized carbons (Fsp3) is 0.900. The van der Waals surface area contributed by atoms with Gasteiger partial charge in [-0.1, -0.05) is 25.7 Å². The number of halogens is 3. The molecule has 1 heterocycles. The SMILES string of the molecule is O=C(CC1CCCC1)N1CCCN(C(=O)[C@H]2CCCC[C@@H]2C(F)(F)F)CC1. The van der Waals surface area contributed by atoms with Crippen LogP contribution in [0.4, 0.5) is 13.2 Å². The molecule has 1 saturated heterocycles. The lowest BCUT2D eigenvalue weighted by molar-refractivity contribution is -0.200. The van der Waals surface area contributed by atoms with Crippen molar-refractivity contribution in [2.24, 2.45) is 17.8 Å². The molecule has 0 aromatic heterocycles. The molecule has 3 fully saturated rings. The molecule has 2 aliphatic carbocycles. The molecule has 4 nitrogen and oxygen atoms in total. The van der Waals surface area contributed by atoms with Gasteiger partial charge in [0.15, 0.2) is 0 Å². The summed E-state index contributed by atoms with van der Waals surface area (Å²) < 4.78 is 40.0. The molecule has 2 atom stereocenters. The Morgan fingerprint density at radius 2 is 1.37 bits per heavy atom. The van der Waals surface area contributed by atoms with Crippen LogP contribution in [0.25, 0.3) is 0 Å². The van der Waals surface area contributed by atoms with E-state index in [0.717, 1.165) is 12.8 Å². The van der Waals surface area contributed by atoms with Crippen LogP contribution in [0.2, 0.25) is 0 Å². The first kappa shape index (κ1) is 20.5. The number of nitrogens with zero attached hydrogens (tertiary/aromatic N) is 2. The summed E-state index contributed by atoms with van der Waals surface area (Å²) in [5.41, 5.74) is 0. The van der Waals surface area contributed by atoms with E-state index in [-0.39, 0.29) is 18.2 Å². The monoisotopic (exact) mass is 388 g/mol. The van der Waals surface area contributed by atoms with E-state index in [0.29, 0.717) is 64.2 Å². The van der Waals surface area contributed by atoms with Gasteiger partial charge in [-0.2, -0.15) is 13.2 Å². The van der Waals surface area contributed by atoms with Gasteiger partial charge in [0.05, 0.1) is 5.92 Å². The quantitative estimate of drug-likeness (QED) is 0.733. The highest BCUT2D eigenvalue weighted by atomic mass is 19.4. The number of hydrogen-bond acceptors (Lipinski definition) is 2. The van der Waals surface area contributed by atoms with Crippen molar-refractivity contribution in [2.45, 2.75) is 70.4 Å². The van der Waals surface area contributed by atoms with Gasteiger partial charge in [0.2, 0.25) is 11.8 Å². The Bertz CT molecular complexity index is 532. The molecule has 2 amide bonds.